The number of hydrogen-bond donors (Lipinski definition) is 0. The van der Waals surface area contributed by atoms with Crippen LogP contribution in [0.1, 0.15) is 23.1 Å². The van der Waals surface area contributed by atoms with Gasteiger partial charge in [0.05, 0.1) is 25.0 Å². The van der Waals surface area contributed by atoms with Gasteiger partial charge in [-0.2, -0.15) is 0 Å². The molecule has 0 aromatic carbocycles. The standard InChI is InChI=1S/C15H17N3O2S/c19-15(4-3-12-2-1-9-21-12)18-7-8-20-14(11-18)13-10-16-5-6-17-13/h1-2,5-6,9-10,14H,3-4,7-8,11H2/t14-/m1/s1. The Kier molecular flexibility index (Phi) is 4.57. The minimum Gasteiger partial charge on any atom is -0.368 e. The Morgan fingerprint density at radius 2 is 2.43 bits per heavy atom. The summed E-state index contributed by atoms with van der Waals surface area (Å²) in [6.45, 7) is 1.76. The van der Waals surface area contributed by atoms with Gasteiger partial charge in [-0.05, 0) is 17.9 Å². The van der Waals surface area contributed by atoms with E-state index in [1.165, 1.54) is 4.88 Å². The number of rotatable bonds is 4. The Morgan fingerprint density at radius 3 is 3.19 bits per heavy atom. The van der Waals surface area contributed by atoms with E-state index in [1.807, 2.05) is 16.3 Å². The fourth-order valence-corrected chi connectivity index (χ4v) is 3.08. The molecule has 110 valence electrons. The lowest BCUT2D eigenvalue weighted by Crippen LogP contribution is -2.42. The highest BCUT2D eigenvalue weighted by molar-refractivity contribution is 7.09. The fourth-order valence-electron chi connectivity index (χ4n) is 2.37. The van der Waals surface area contributed by atoms with Gasteiger partial charge in [0, 0.05) is 30.2 Å². The average Bonchev–Trinajstić information content (AvgIpc) is 3.07. The van der Waals surface area contributed by atoms with Gasteiger partial charge in [0.25, 0.3) is 0 Å². The van der Waals surface area contributed by atoms with Crippen LogP contribution in [0.25, 0.3) is 0 Å². The molecule has 0 saturated carbocycles. The first-order valence-electron chi connectivity index (χ1n) is 7.00. The van der Waals surface area contributed by atoms with Gasteiger partial charge >= 0.3 is 0 Å². The molecule has 3 heterocycles. The zero-order valence-electron chi connectivity index (χ0n) is 11.6. The van der Waals surface area contributed by atoms with Crippen molar-refractivity contribution in [3.63, 3.8) is 0 Å². The molecule has 5 nitrogen and oxygen atoms in total. The first kappa shape index (κ1) is 14.2. The quantitative estimate of drug-likeness (QED) is 0.867. The van der Waals surface area contributed by atoms with Crippen LogP contribution >= 0.6 is 11.3 Å². The van der Waals surface area contributed by atoms with Crippen LogP contribution in [0.5, 0.6) is 0 Å². The molecule has 0 N–H and O–H groups in total. The highest BCUT2D eigenvalue weighted by atomic mass is 32.1. The summed E-state index contributed by atoms with van der Waals surface area (Å²) in [6.07, 6.45) is 6.17. The number of aryl methyl sites for hydroxylation is 1. The van der Waals surface area contributed by atoms with E-state index in [2.05, 4.69) is 16.0 Å². The molecule has 1 aliphatic rings. The van der Waals surface area contributed by atoms with Gasteiger partial charge in [-0.3, -0.25) is 14.8 Å². The zero-order chi connectivity index (χ0) is 14.5. The second kappa shape index (κ2) is 6.78. The first-order valence-corrected chi connectivity index (χ1v) is 7.88. The van der Waals surface area contributed by atoms with E-state index in [1.54, 1.807) is 29.9 Å². The Morgan fingerprint density at radius 1 is 1.48 bits per heavy atom. The molecular formula is C15H17N3O2S. The third kappa shape index (κ3) is 3.65. The molecule has 1 aliphatic heterocycles. The summed E-state index contributed by atoms with van der Waals surface area (Å²) in [5.41, 5.74) is 0.785. The van der Waals surface area contributed by atoms with Crippen LogP contribution in [0.4, 0.5) is 0 Å². The Hall–Kier alpha value is -1.79. The summed E-state index contributed by atoms with van der Waals surface area (Å²) < 4.78 is 5.70. The summed E-state index contributed by atoms with van der Waals surface area (Å²) in [5.74, 6) is 0.181. The van der Waals surface area contributed by atoms with Crippen molar-refractivity contribution in [1.82, 2.24) is 14.9 Å². The third-order valence-corrected chi connectivity index (χ3v) is 4.43. The molecule has 2 aromatic rings. The van der Waals surface area contributed by atoms with E-state index in [4.69, 9.17) is 4.74 Å². The van der Waals surface area contributed by atoms with Crippen molar-refractivity contribution in [2.75, 3.05) is 19.7 Å². The average molecular weight is 303 g/mol. The smallest absolute Gasteiger partial charge is 0.223 e. The number of aromatic nitrogens is 2. The largest absolute Gasteiger partial charge is 0.368 e. The van der Waals surface area contributed by atoms with Crippen molar-refractivity contribution < 1.29 is 9.53 Å². The predicted molar refractivity (Wildman–Crippen MR) is 79.9 cm³/mol. The first-order chi connectivity index (χ1) is 10.3. The van der Waals surface area contributed by atoms with Crippen LogP contribution in [0.2, 0.25) is 0 Å². The van der Waals surface area contributed by atoms with Gasteiger partial charge in [-0.15, -0.1) is 11.3 Å². The molecule has 21 heavy (non-hydrogen) atoms. The van der Waals surface area contributed by atoms with Crippen molar-refractivity contribution in [1.29, 1.82) is 0 Å². The summed E-state index contributed by atoms with van der Waals surface area (Å²) in [4.78, 5) is 23.7. The maximum atomic E-state index is 12.3. The number of thiophene rings is 1. The number of hydrogen-bond acceptors (Lipinski definition) is 5. The predicted octanol–water partition coefficient (Wildman–Crippen LogP) is 2.07. The van der Waals surface area contributed by atoms with Gasteiger partial charge in [0.2, 0.25) is 5.91 Å². The molecule has 3 rings (SSSR count). The summed E-state index contributed by atoms with van der Waals surface area (Å²) >= 11 is 1.70. The summed E-state index contributed by atoms with van der Waals surface area (Å²) in [6, 6.07) is 4.09. The molecule has 1 fully saturated rings. The molecule has 0 aliphatic carbocycles. The van der Waals surface area contributed by atoms with Crippen LogP contribution in [0, 0.1) is 0 Å². The van der Waals surface area contributed by atoms with Crippen molar-refractivity contribution in [3.8, 4) is 0 Å². The Bertz CT molecular complexity index is 574. The summed E-state index contributed by atoms with van der Waals surface area (Å²) in [5, 5.41) is 2.04. The second-order valence-corrected chi connectivity index (χ2v) is 5.94. The monoisotopic (exact) mass is 303 g/mol. The van der Waals surface area contributed by atoms with E-state index >= 15 is 0 Å². The Balaban J connectivity index is 1.56. The van der Waals surface area contributed by atoms with Crippen molar-refractivity contribution in [3.05, 3.63) is 46.7 Å². The molecule has 2 aromatic heterocycles. The zero-order valence-corrected chi connectivity index (χ0v) is 12.5. The van der Waals surface area contributed by atoms with Crippen molar-refractivity contribution >= 4 is 17.2 Å². The van der Waals surface area contributed by atoms with E-state index < -0.39 is 0 Å². The maximum Gasteiger partial charge on any atom is 0.223 e. The third-order valence-electron chi connectivity index (χ3n) is 3.50. The Labute approximate surface area is 127 Å². The molecule has 0 bridgehead atoms. The van der Waals surface area contributed by atoms with Crippen LogP contribution < -0.4 is 0 Å². The SMILES string of the molecule is O=C(CCc1cccs1)N1CCO[C@@H](c2cnccn2)C1. The van der Waals surface area contributed by atoms with Gasteiger partial charge in [-0.25, -0.2) is 0 Å². The molecule has 0 radical (unpaired) electrons. The molecule has 0 unspecified atom stereocenters. The molecule has 1 saturated heterocycles. The van der Waals surface area contributed by atoms with Gasteiger partial charge in [-0.1, -0.05) is 6.07 Å². The maximum absolute atomic E-state index is 12.3. The number of nitrogens with zero attached hydrogens (tertiary/aromatic N) is 3. The topological polar surface area (TPSA) is 55.3 Å². The number of morpholine rings is 1. The number of ether oxygens (including phenoxy) is 1. The second-order valence-electron chi connectivity index (χ2n) is 4.91. The van der Waals surface area contributed by atoms with Crippen molar-refractivity contribution in [2.45, 2.75) is 18.9 Å². The molecule has 0 spiro atoms. The lowest BCUT2D eigenvalue weighted by molar-refractivity contribution is -0.139. The van der Waals surface area contributed by atoms with Crippen LogP contribution in [-0.2, 0) is 16.0 Å². The van der Waals surface area contributed by atoms with Gasteiger partial charge in [0.1, 0.15) is 6.10 Å². The van der Waals surface area contributed by atoms with Gasteiger partial charge in [0.15, 0.2) is 0 Å². The van der Waals surface area contributed by atoms with E-state index in [0.717, 1.165) is 12.1 Å². The van der Waals surface area contributed by atoms with E-state index in [9.17, 15) is 4.79 Å². The van der Waals surface area contributed by atoms with Crippen molar-refractivity contribution in [2.24, 2.45) is 0 Å². The van der Waals surface area contributed by atoms with Crippen LogP contribution in [0.3, 0.4) is 0 Å². The highest BCUT2D eigenvalue weighted by Gasteiger charge is 2.26. The summed E-state index contributed by atoms with van der Waals surface area (Å²) in [7, 11) is 0. The van der Waals surface area contributed by atoms with Crippen LogP contribution in [-0.4, -0.2) is 40.5 Å². The van der Waals surface area contributed by atoms with Gasteiger partial charge < -0.3 is 9.64 Å². The molecular weight excluding hydrogens is 286 g/mol. The van der Waals surface area contributed by atoms with Crippen LogP contribution in [0.15, 0.2) is 36.1 Å². The fraction of sp³-hybridized carbons (Fsp3) is 0.400. The number of carbonyl (C=O) groups excluding carboxylic acids is 1. The lowest BCUT2D eigenvalue weighted by atomic mass is 10.2. The lowest BCUT2D eigenvalue weighted by Gasteiger charge is -2.32. The molecule has 6 heteroatoms. The minimum atomic E-state index is -0.168. The van der Waals surface area contributed by atoms with E-state index in [-0.39, 0.29) is 12.0 Å². The number of carbonyl (C=O) groups is 1. The molecule has 1 amide bonds. The van der Waals surface area contributed by atoms with E-state index in [0.29, 0.717) is 26.1 Å². The highest BCUT2D eigenvalue weighted by Crippen LogP contribution is 2.20. The molecule has 1 atom stereocenters. The minimum absolute atomic E-state index is 0.168. The normalized spacial score (nSPS) is 18.7. The number of amides is 1.